The highest BCUT2D eigenvalue weighted by atomic mass is 79.9. The molecule has 1 aliphatic rings. The van der Waals surface area contributed by atoms with Crippen molar-refractivity contribution in [3.8, 4) is 17.2 Å². The Kier molecular flexibility index (Phi) is 8.56. The molecular weight excluding hydrogens is 605 g/mol. The predicted molar refractivity (Wildman–Crippen MR) is 169 cm³/mol. The fraction of sp³-hybridized carbons (Fsp3) is 0.345. The molecular formula is C29H35BrN7O3P. The summed E-state index contributed by atoms with van der Waals surface area (Å²) in [7, 11) is 0.618. The number of nitrogens with one attached hydrogen (secondary N) is 2. The monoisotopic (exact) mass is 639 g/mol. The molecule has 4 aromatic rings. The minimum absolute atomic E-state index is 0.417. The fourth-order valence-corrected chi connectivity index (χ4v) is 6.48. The number of halogens is 1. The van der Waals surface area contributed by atoms with Gasteiger partial charge in [-0.3, -0.25) is 0 Å². The van der Waals surface area contributed by atoms with Crippen LogP contribution in [0.5, 0.6) is 11.5 Å². The number of methoxy groups -OCH3 is 2. The molecule has 3 heterocycles. The van der Waals surface area contributed by atoms with Gasteiger partial charge >= 0.3 is 0 Å². The summed E-state index contributed by atoms with van der Waals surface area (Å²) in [5.74, 6) is 2.43. The Morgan fingerprint density at radius 3 is 2.46 bits per heavy atom. The Bertz CT molecular complexity index is 1600. The lowest BCUT2D eigenvalue weighted by molar-refractivity contribution is 0.412. The van der Waals surface area contributed by atoms with Gasteiger partial charge in [0.15, 0.2) is 5.75 Å². The second-order valence-electron chi connectivity index (χ2n) is 10.4. The summed E-state index contributed by atoms with van der Waals surface area (Å²) in [5, 5.41) is 11.7. The SMILES string of the molecule is COc1cnn(-c2ccc(Nc3nc(Nc4cc(C)c(N5CCCCC5)c(OC)c4)ncc3Br)c(P(C)(C)=O)c2)c1. The van der Waals surface area contributed by atoms with Gasteiger partial charge in [-0.1, -0.05) is 0 Å². The zero-order valence-corrected chi connectivity index (χ0v) is 26.4. The van der Waals surface area contributed by atoms with Crippen LogP contribution in [0.4, 0.5) is 28.8 Å². The molecule has 5 rings (SSSR count). The number of anilines is 5. The number of hydrogen-bond donors (Lipinski definition) is 2. The molecule has 2 N–H and O–H groups in total. The first kappa shape index (κ1) is 29.0. The van der Waals surface area contributed by atoms with Crippen LogP contribution in [-0.4, -0.2) is 60.4 Å². The molecule has 0 aliphatic carbocycles. The second-order valence-corrected chi connectivity index (χ2v) is 14.4. The van der Waals surface area contributed by atoms with Crippen molar-refractivity contribution in [2.45, 2.75) is 26.2 Å². The molecule has 1 saturated heterocycles. The van der Waals surface area contributed by atoms with E-state index in [2.05, 4.69) is 54.5 Å². The molecule has 0 radical (unpaired) electrons. The van der Waals surface area contributed by atoms with E-state index in [4.69, 9.17) is 14.5 Å². The average molecular weight is 641 g/mol. The van der Waals surface area contributed by atoms with Gasteiger partial charge in [-0.25, -0.2) is 9.67 Å². The summed E-state index contributed by atoms with van der Waals surface area (Å²) in [6.45, 7) is 7.66. The predicted octanol–water partition coefficient (Wildman–Crippen LogP) is 6.48. The highest BCUT2D eigenvalue weighted by Gasteiger charge is 2.21. The Balaban J connectivity index is 1.42. The number of rotatable bonds is 9. The van der Waals surface area contributed by atoms with Crippen LogP contribution in [0.2, 0.25) is 0 Å². The van der Waals surface area contributed by atoms with Crippen LogP contribution >= 0.6 is 23.1 Å². The lowest BCUT2D eigenvalue weighted by atomic mass is 10.1. The van der Waals surface area contributed by atoms with Crippen LogP contribution in [0, 0.1) is 6.92 Å². The molecule has 1 fully saturated rings. The molecule has 0 spiro atoms. The maximum absolute atomic E-state index is 13.3. The van der Waals surface area contributed by atoms with Gasteiger partial charge in [0.05, 0.1) is 48.1 Å². The van der Waals surface area contributed by atoms with Crippen molar-refractivity contribution < 1.29 is 14.0 Å². The number of piperidine rings is 1. The second kappa shape index (κ2) is 12.1. The molecule has 10 nitrogen and oxygen atoms in total. The van der Waals surface area contributed by atoms with Gasteiger partial charge < -0.3 is 29.6 Å². The number of aromatic nitrogens is 4. The van der Waals surface area contributed by atoms with Crippen molar-refractivity contribution in [1.29, 1.82) is 0 Å². The van der Waals surface area contributed by atoms with E-state index in [0.717, 1.165) is 41.5 Å². The Labute approximate surface area is 249 Å². The normalized spacial score (nSPS) is 13.7. The maximum Gasteiger partial charge on any atom is 0.229 e. The molecule has 0 saturated carbocycles. The van der Waals surface area contributed by atoms with Crippen molar-refractivity contribution in [2.24, 2.45) is 0 Å². The third-order valence-electron chi connectivity index (χ3n) is 7.03. The Hall–Kier alpha value is -3.56. The highest BCUT2D eigenvalue weighted by Crippen LogP contribution is 2.40. The van der Waals surface area contributed by atoms with E-state index in [0.29, 0.717) is 33.0 Å². The zero-order chi connectivity index (χ0) is 29.1. The van der Waals surface area contributed by atoms with Crippen molar-refractivity contribution in [3.63, 3.8) is 0 Å². The number of ether oxygens (including phenoxy) is 2. The quantitative estimate of drug-likeness (QED) is 0.199. The third kappa shape index (κ3) is 6.52. The van der Waals surface area contributed by atoms with Crippen LogP contribution < -0.4 is 30.3 Å². The summed E-state index contributed by atoms with van der Waals surface area (Å²) in [4.78, 5) is 11.6. The van der Waals surface area contributed by atoms with Crippen molar-refractivity contribution in [3.05, 3.63) is 59.0 Å². The number of nitrogens with zero attached hydrogens (tertiary/aromatic N) is 5. The Morgan fingerprint density at radius 1 is 1.00 bits per heavy atom. The first-order valence-corrected chi connectivity index (χ1v) is 16.8. The molecule has 41 heavy (non-hydrogen) atoms. The molecule has 2 aromatic carbocycles. The van der Waals surface area contributed by atoms with E-state index in [-0.39, 0.29) is 0 Å². The molecule has 0 unspecified atom stereocenters. The van der Waals surface area contributed by atoms with E-state index in [9.17, 15) is 4.57 Å². The van der Waals surface area contributed by atoms with Crippen molar-refractivity contribution in [1.82, 2.24) is 19.7 Å². The molecule has 1 aliphatic heterocycles. The third-order valence-corrected chi connectivity index (χ3v) is 9.14. The number of hydrogen-bond acceptors (Lipinski definition) is 9. The summed E-state index contributed by atoms with van der Waals surface area (Å²) < 4.78 is 26.7. The van der Waals surface area contributed by atoms with E-state index >= 15 is 0 Å². The van der Waals surface area contributed by atoms with Gasteiger partial charge in [0.2, 0.25) is 5.95 Å². The number of benzene rings is 2. The van der Waals surface area contributed by atoms with E-state index in [1.807, 2.05) is 24.3 Å². The summed E-state index contributed by atoms with van der Waals surface area (Å²) in [5.41, 5.74) is 4.57. The van der Waals surface area contributed by atoms with Crippen LogP contribution in [0.1, 0.15) is 24.8 Å². The molecule has 12 heteroatoms. The van der Waals surface area contributed by atoms with Crippen molar-refractivity contribution in [2.75, 3.05) is 56.2 Å². The minimum atomic E-state index is -2.68. The van der Waals surface area contributed by atoms with Gasteiger partial charge in [0, 0.05) is 36.3 Å². The average Bonchev–Trinajstić information content (AvgIpc) is 3.44. The van der Waals surface area contributed by atoms with E-state index < -0.39 is 7.14 Å². The number of aryl methyl sites for hydroxylation is 1. The smallest absolute Gasteiger partial charge is 0.229 e. The fourth-order valence-electron chi connectivity index (χ4n) is 5.04. The molecule has 0 atom stereocenters. The van der Waals surface area contributed by atoms with Gasteiger partial charge in [-0.05, 0) is 85.3 Å². The first-order chi connectivity index (χ1) is 19.7. The largest absolute Gasteiger partial charge is 0.494 e. The molecule has 0 amide bonds. The summed E-state index contributed by atoms with van der Waals surface area (Å²) >= 11 is 3.56. The van der Waals surface area contributed by atoms with Gasteiger partial charge in [0.1, 0.15) is 18.7 Å². The van der Waals surface area contributed by atoms with Crippen LogP contribution in [-0.2, 0) is 4.57 Å². The molecule has 2 aromatic heterocycles. The van der Waals surface area contributed by atoms with Crippen LogP contribution in [0.3, 0.4) is 0 Å². The molecule has 0 bridgehead atoms. The minimum Gasteiger partial charge on any atom is -0.494 e. The lowest BCUT2D eigenvalue weighted by Crippen LogP contribution is -2.30. The maximum atomic E-state index is 13.3. The first-order valence-electron chi connectivity index (χ1n) is 13.4. The van der Waals surface area contributed by atoms with Gasteiger partial charge in [-0.2, -0.15) is 10.1 Å². The topological polar surface area (TPSA) is 106 Å². The van der Waals surface area contributed by atoms with Gasteiger partial charge in [0.25, 0.3) is 0 Å². The van der Waals surface area contributed by atoms with Crippen LogP contribution in [0.15, 0.2) is 53.4 Å². The highest BCUT2D eigenvalue weighted by molar-refractivity contribution is 9.10. The van der Waals surface area contributed by atoms with E-state index in [1.165, 1.54) is 19.3 Å². The lowest BCUT2D eigenvalue weighted by Gasteiger charge is -2.31. The summed E-state index contributed by atoms with van der Waals surface area (Å²) in [6, 6.07) is 9.75. The standard InChI is InChI=1S/C29H35BrN7O3P/c1-19-13-20(14-25(40-3)27(19)36-11-7-6-8-12-36)33-29-31-17-23(30)28(35-29)34-24-10-9-21(15-26(24)41(4,5)38)37-18-22(39-2)16-32-37/h9-10,13-18H,6-8,11-12H2,1-5H3,(H2,31,33,34,35). The summed E-state index contributed by atoms with van der Waals surface area (Å²) in [6.07, 6.45) is 8.75. The zero-order valence-electron chi connectivity index (χ0n) is 23.9. The van der Waals surface area contributed by atoms with Gasteiger partial charge in [-0.15, -0.1) is 0 Å². The Morgan fingerprint density at radius 2 is 1.78 bits per heavy atom. The van der Waals surface area contributed by atoms with E-state index in [1.54, 1.807) is 50.8 Å². The van der Waals surface area contributed by atoms with Crippen molar-refractivity contribution >= 4 is 57.2 Å². The molecule has 216 valence electrons. The van der Waals surface area contributed by atoms with Crippen LogP contribution in [0.25, 0.3) is 5.69 Å².